The Hall–Kier alpha value is -2.75. The molecule has 0 bridgehead atoms. The quantitative estimate of drug-likeness (QED) is 0.405. The van der Waals surface area contributed by atoms with Crippen LogP contribution in [0.3, 0.4) is 0 Å². The van der Waals surface area contributed by atoms with Gasteiger partial charge in [0.05, 0.1) is 5.41 Å². The fourth-order valence-electron chi connectivity index (χ4n) is 3.50. The number of unbranched alkanes of at least 4 members (excludes halogenated alkanes) is 3. The molecule has 1 saturated heterocycles. The highest BCUT2D eigenvalue weighted by atomic mass is 32.2. The van der Waals surface area contributed by atoms with Crippen molar-refractivity contribution in [2.45, 2.75) is 39.2 Å². The van der Waals surface area contributed by atoms with E-state index in [1.54, 1.807) is 0 Å². The first-order chi connectivity index (χ1) is 15.6. The maximum atomic E-state index is 12.5. The van der Waals surface area contributed by atoms with Crippen molar-refractivity contribution in [3.63, 3.8) is 0 Å². The summed E-state index contributed by atoms with van der Waals surface area (Å²) in [7, 11) is -3.42. The van der Waals surface area contributed by atoms with E-state index in [-0.39, 0.29) is 0 Å². The van der Waals surface area contributed by atoms with E-state index in [1.165, 1.54) is 15.8 Å². The lowest BCUT2D eigenvalue weighted by molar-refractivity contribution is 0.306. The van der Waals surface area contributed by atoms with Crippen LogP contribution in [0.1, 0.15) is 38.2 Å². The van der Waals surface area contributed by atoms with Gasteiger partial charge >= 0.3 is 0 Å². The third-order valence-corrected chi connectivity index (χ3v) is 6.94. The molecule has 1 aliphatic heterocycles. The molecule has 170 valence electrons. The van der Waals surface area contributed by atoms with E-state index >= 15 is 0 Å². The molecule has 32 heavy (non-hydrogen) atoms. The number of benzene rings is 2. The van der Waals surface area contributed by atoms with E-state index in [0.717, 1.165) is 42.7 Å². The lowest BCUT2D eigenvalue weighted by atomic mass is 10.2. The molecule has 0 radical (unpaired) electrons. The van der Waals surface area contributed by atoms with Crippen molar-refractivity contribution in [1.82, 2.24) is 4.31 Å². The molecule has 0 spiro atoms. The van der Waals surface area contributed by atoms with Crippen molar-refractivity contribution in [3.8, 4) is 17.6 Å². The molecule has 1 aliphatic rings. The van der Waals surface area contributed by atoms with Crippen LogP contribution >= 0.6 is 0 Å². The van der Waals surface area contributed by atoms with Gasteiger partial charge in [0.25, 0.3) is 0 Å². The first-order valence-corrected chi connectivity index (χ1v) is 12.8. The second-order valence-electron chi connectivity index (χ2n) is 7.78. The van der Waals surface area contributed by atoms with Gasteiger partial charge in [-0.3, -0.25) is 0 Å². The molecule has 0 N–H and O–H groups in total. The van der Waals surface area contributed by atoms with Crippen LogP contribution in [0.25, 0.3) is 0 Å². The van der Waals surface area contributed by atoms with E-state index in [1.807, 2.05) is 54.6 Å². The predicted molar refractivity (Wildman–Crippen MR) is 131 cm³/mol. The zero-order valence-corrected chi connectivity index (χ0v) is 19.6. The molecule has 0 saturated carbocycles. The topological polar surface area (TPSA) is 49.9 Å². The number of hydrogen-bond acceptors (Lipinski definition) is 4. The fourth-order valence-corrected chi connectivity index (χ4v) is 4.58. The minimum atomic E-state index is -3.42. The van der Waals surface area contributed by atoms with Gasteiger partial charge in [-0.2, -0.15) is 4.31 Å². The summed E-state index contributed by atoms with van der Waals surface area (Å²) < 4.78 is 32.4. The van der Waals surface area contributed by atoms with Crippen molar-refractivity contribution in [1.29, 1.82) is 0 Å². The Morgan fingerprint density at radius 2 is 1.69 bits per heavy atom. The van der Waals surface area contributed by atoms with Gasteiger partial charge < -0.3 is 9.64 Å². The monoisotopic (exact) mass is 452 g/mol. The van der Waals surface area contributed by atoms with Crippen LogP contribution in [-0.2, 0) is 16.6 Å². The molecule has 2 aromatic carbocycles. The third kappa shape index (κ3) is 7.44. The van der Waals surface area contributed by atoms with Crippen molar-refractivity contribution < 1.29 is 13.2 Å². The van der Waals surface area contributed by atoms with Gasteiger partial charge in [0, 0.05) is 44.4 Å². The second kappa shape index (κ2) is 12.3. The summed E-state index contributed by atoms with van der Waals surface area (Å²) in [5, 5.41) is 1.23. The van der Waals surface area contributed by atoms with E-state index in [0.29, 0.717) is 32.8 Å². The molecule has 2 aromatic rings. The fraction of sp³-hybridized carbons (Fsp3) is 0.385. The summed E-state index contributed by atoms with van der Waals surface area (Å²) in [6.45, 7) is 4.91. The van der Waals surface area contributed by atoms with Gasteiger partial charge in [-0.25, -0.2) is 8.42 Å². The molecule has 1 fully saturated rings. The molecule has 6 heteroatoms. The lowest BCUT2D eigenvalue weighted by Crippen LogP contribution is -2.48. The number of sulfonamides is 1. The minimum Gasteiger partial charge on any atom is -0.489 e. The number of ether oxygens (including phenoxy) is 1. The predicted octanol–water partition coefficient (Wildman–Crippen LogP) is 4.81. The van der Waals surface area contributed by atoms with Gasteiger partial charge in [0.1, 0.15) is 12.4 Å². The highest BCUT2D eigenvalue weighted by molar-refractivity contribution is 7.92. The van der Waals surface area contributed by atoms with Crippen molar-refractivity contribution >= 4 is 15.7 Å². The summed E-state index contributed by atoms with van der Waals surface area (Å²) in [6.07, 6.45) is 5.65. The smallest absolute Gasteiger partial charge is 0.236 e. The lowest BCUT2D eigenvalue weighted by Gasteiger charge is -2.34. The minimum absolute atomic E-state index is 0.461. The molecule has 3 rings (SSSR count). The van der Waals surface area contributed by atoms with Gasteiger partial charge in [-0.1, -0.05) is 61.9 Å². The van der Waals surface area contributed by atoms with Gasteiger partial charge in [0.15, 0.2) is 0 Å². The van der Waals surface area contributed by atoms with Crippen molar-refractivity contribution in [3.05, 3.63) is 71.6 Å². The number of hydrogen-bond donors (Lipinski definition) is 0. The van der Waals surface area contributed by atoms with Gasteiger partial charge in [-0.05, 0) is 36.2 Å². The molecular weight excluding hydrogens is 420 g/mol. The summed E-state index contributed by atoms with van der Waals surface area (Å²) >= 11 is 0. The number of anilines is 1. The van der Waals surface area contributed by atoms with Gasteiger partial charge in [0.2, 0.25) is 10.0 Å². The van der Waals surface area contributed by atoms with Gasteiger partial charge in [-0.15, -0.1) is 0 Å². The maximum Gasteiger partial charge on any atom is 0.236 e. The Bertz CT molecular complexity index is 1010. The third-order valence-electron chi connectivity index (χ3n) is 5.38. The van der Waals surface area contributed by atoms with E-state index < -0.39 is 10.0 Å². The first-order valence-electron chi connectivity index (χ1n) is 11.3. The largest absolute Gasteiger partial charge is 0.489 e. The Kier molecular flexibility index (Phi) is 9.21. The number of piperazine rings is 1. The normalized spacial score (nSPS) is 14.8. The zero-order valence-electron chi connectivity index (χ0n) is 18.7. The highest BCUT2D eigenvalue weighted by Gasteiger charge is 2.25. The first kappa shape index (κ1) is 23.9. The summed E-state index contributed by atoms with van der Waals surface area (Å²) in [4.78, 5) is 2.20. The molecule has 5 nitrogen and oxygen atoms in total. The van der Waals surface area contributed by atoms with E-state index in [2.05, 4.69) is 23.7 Å². The molecule has 0 atom stereocenters. The zero-order chi connectivity index (χ0) is 22.7. The SMILES string of the molecule is CCCCCC#C/C=C\S(=O)(=O)N1CCN(c2ccc(OCc3ccccc3)cc2)CC1. The van der Waals surface area contributed by atoms with Crippen LogP contribution in [0.15, 0.2) is 66.1 Å². The molecule has 1 heterocycles. The number of rotatable bonds is 9. The van der Waals surface area contributed by atoms with Crippen molar-refractivity contribution in [2.75, 3.05) is 31.1 Å². The summed E-state index contributed by atoms with van der Waals surface area (Å²) in [6, 6.07) is 18.0. The number of allylic oxidation sites excluding steroid dienone is 1. The molecule has 0 aliphatic carbocycles. The molecule has 0 aromatic heterocycles. The second-order valence-corrected chi connectivity index (χ2v) is 9.60. The van der Waals surface area contributed by atoms with Crippen LogP contribution < -0.4 is 9.64 Å². The standard InChI is InChI=1S/C26H32N2O3S/c1-2-3-4-5-6-7-11-22-32(29,30)28-20-18-27(19-21-28)25-14-16-26(17-15-25)31-23-24-12-9-8-10-13-24/h8-17,22H,2-5,18-21,23H2,1H3/b22-11-. The summed E-state index contributed by atoms with van der Waals surface area (Å²) in [5.41, 5.74) is 2.20. The Morgan fingerprint density at radius 1 is 0.969 bits per heavy atom. The average molecular weight is 453 g/mol. The Balaban J connectivity index is 1.46. The van der Waals surface area contributed by atoms with Crippen LogP contribution in [0.4, 0.5) is 5.69 Å². The maximum absolute atomic E-state index is 12.5. The molecule has 0 unspecified atom stereocenters. The van der Waals surface area contributed by atoms with Crippen molar-refractivity contribution in [2.24, 2.45) is 0 Å². The molecular formula is C26H32N2O3S. The highest BCUT2D eigenvalue weighted by Crippen LogP contribution is 2.22. The Morgan fingerprint density at radius 3 is 2.38 bits per heavy atom. The van der Waals surface area contributed by atoms with E-state index in [9.17, 15) is 8.42 Å². The van der Waals surface area contributed by atoms with Crippen LogP contribution in [0.2, 0.25) is 0 Å². The number of nitrogens with zero attached hydrogens (tertiary/aromatic N) is 2. The van der Waals surface area contributed by atoms with Crippen LogP contribution in [0.5, 0.6) is 5.75 Å². The van der Waals surface area contributed by atoms with Crippen LogP contribution in [0, 0.1) is 11.8 Å². The average Bonchev–Trinajstić information content (AvgIpc) is 2.83. The van der Waals surface area contributed by atoms with Crippen LogP contribution in [-0.4, -0.2) is 38.9 Å². The Labute approximate surface area is 192 Å². The summed E-state index contributed by atoms with van der Waals surface area (Å²) in [5.74, 6) is 6.67. The van der Waals surface area contributed by atoms with E-state index in [4.69, 9.17) is 4.74 Å². The molecule has 0 amide bonds.